The first-order chi connectivity index (χ1) is 4.31. The fraction of sp³-hybridized carbons (Fsp3) is 0.714. The van der Waals surface area contributed by atoms with E-state index in [0.717, 1.165) is 6.42 Å². The Morgan fingerprint density at radius 2 is 2.22 bits per heavy atom. The normalized spacial score (nSPS) is 14.6. The second-order valence-corrected chi connectivity index (χ2v) is 2.23. The molecular formula is C7H13ClO. The van der Waals surface area contributed by atoms with Crippen LogP contribution in [0.5, 0.6) is 0 Å². The van der Waals surface area contributed by atoms with E-state index in [4.69, 9.17) is 16.7 Å². The molecule has 0 bridgehead atoms. The Labute approximate surface area is 61.3 Å². The fourth-order valence-electron chi connectivity index (χ4n) is 0.483. The van der Waals surface area contributed by atoms with Gasteiger partial charge in [0.15, 0.2) is 0 Å². The summed E-state index contributed by atoms with van der Waals surface area (Å²) >= 11 is 5.35. The summed E-state index contributed by atoms with van der Waals surface area (Å²) in [6, 6.07) is 0. The van der Waals surface area contributed by atoms with Crippen molar-refractivity contribution in [1.29, 1.82) is 0 Å². The Balaban J connectivity index is 3.15. The summed E-state index contributed by atoms with van der Waals surface area (Å²) in [5, 5.41) is 8.90. The average Bonchev–Trinajstić information content (AvgIpc) is 1.89. The van der Waals surface area contributed by atoms with E-state index >= 15 is 0 Å². The Hall–Kier alpha value is -0.0100. The van der Waals surface area contributed by atoms with E-state index in [-0.39, 0.29) is 6.10 Å². The maximum Gasteiger partial charge on any atom is 0.0709 e. The molecule has 2 heteroatoms. The topological polar surface area (TPSA) is 20.2 Å². The molecule has 0 aliphatic rings. The minimum Gasteiger partial charge on any atom is -0.392 e. The summed E-state index contributed by atoms with van der Waals surface area (Å²) in [4.78, 5) is 0. The van der Waals surface area contributed by atoms with Gasteiger partial charge in [0.05, 0.1) is 6.10 Å². The summed E-state index contributed by atoms with van der Waals surface area (Å²) < 4.78 is 0. The van der Waals surface area contributed by atoms with Crippen molar-refractivity contribution in [2.75, 3.05) is 5.88 Å². The van der Waals surface area contributed by atoms with Gasteiger partial charge in [-0.05, 0) is 12.8 Å². The van der Waals surface area contributed by atoms with Gasteiger partial charge in [-0.3, -0.25) is 0 Å². The summed E-state index contributed by atoms with van der Waals surface area (Å²) in [5.41, 5.74) is 0. The van der Waals surface area contributed by atoms with Gasteiger partial charge in [-0.15, -0.1) is 11.6 Å². The second-order valence-electron chi connectivity index (χ2n) is 1.92. The number of hydrogen-bond acceptors (Lipinski definition) is 1. The highest BCUT2D eigenvalue weighted by atomic mass is 35.5. The molecule has 0 saturated carbocycles. The van der Waals surface area contributed by atoms with Crippen molar-refractivity contribution in [2.45, 2.75) is 25.9 Å². The predicted molar refractivity (Wildman–Crippen MR) is 40.8 cm³/mol. The number of halogens is 1. The zero-order valence-corrected chi connectivity index (χ0v) is 6.43. The molecule has 0 amide bonds. The molecule has 1 N–H and O–H groups in total. The zero-order chi connectivity index (χ0) is 7.11. The molecule has 0 rings (SSSR count). The number of allylic oxidation sites excluding steroid dienone is 1. The molecule has 9 heavy (non-hydrogen) atoms. The summed E-state index contributed by atoms with van der Waals surface area (Å²) in [5.74, 6) is 0.327. The molecule has 0 aromatic heterocycles. The van der Waals surface area contributed by atoms with Crippen molar-refractivity contribution in [3.63, 3.8) is 0 Å². The lowest BCUT2D eigenvalue weighted by Gasteiger charge is -1.99. The standard InChI is InChI=1S/C7H13ClO/c1-2-3-4-5-7(9)6-8/h3-4,7,9H,2,5-6H2,1H3/b4-3-/t7-/m0/s1. The highest BCUT2D eigenvalue weighted by Crippen LogP contribution is 1.95. The van der Waals surface area contributed by atoms with E-state index in [2.05, 4.69) is 6.92 Å². The van der Waals surface area contributed by atoms with E-state index in [1.165, 1.54) is 0 Å². The van der Waals surface area contributed by atoms with Crippen LogP contribution in [0, 0.1) is 0 Å². The Morgan fingerprint density at radius 1 is 1.56 bits per heavy atom. The minimum absolute atomic E-state index is 0.327. The molecule has 54 valence electrons. The van der Waals surface area contributed by atoms with Gasteiger partial charge in [0, 0.05) is 5.88 Å². The third kappa shape index (κ3) is 5.87. The first kappa shape index (κ1) is 8.99. The van der Waals surface area contributed by atoms with Crippen LogP contribution in [-0.2, 0) is 0 Å². The monoisotopic (exact) mass is 148 g/mol. The number of hydrogen-bond donors (Lipinski definition) is 1. The Bertz CT molecular complexity index is 81.0. The number of aliphatic hydroxyl groups excluding tert-OH is 1. The van der Waals surface area contributed by atoms with Crippen molar-refractivity contribution in [1.82, 2.24) is 0 Å². The van der Waals surface area contributed by atoms with Gasteiger partial charge in [-0.1, -0.05) is 19.1 Å². The highest BCUT2D eigenvalue weighted by molar-refractivity contribution is 6.18. The smallest absolute Gasteiger partial charge is 0.0709 e. The third-order valence-corrected chi connectivity index (χ3v) is 1.34. The van der Waals surface area contributed by atoms with Gasteiger partial charge in [-0.25, -0.2) is 0 Å². The molecular weight excluding hydrogens is 136 g/mol. The third-order valence-electron chi connectivity index (χ3n) is 0.989. The molecule has 0 aromatic carbocycles. The van der Waals surface area contributed by atoms with E-state index in [0.29, 0.717) is 12.3 Å². The van der Waals surface area contributed by atoms with Crippen LogP contribution in [0.15, 0.2) is 12.2 Å². The Kier molecular flexibility index (Phi) is 6.11. The Morgan fingerprint density at radius 3 is 2.67 bits per heavy atom. The number of alkyl halides is 1. The number of aliphatic hydroxyl groups is 1. The second kappa shape index (κ2) is 6.12. The highest BCUT2D eigenvalue weighted by Gasteiger charge is 1.95. The predicted octanol–water partition coefficient (Wildman–Crippen LogP) is 1.94. The van der Waals surface area contributed by atoms with Crippen molar-refractivity contribution in [3.8, 4) is 0 Å². The van der Waals surface area contributed by atoms with Crippen LogP contribution in [-0.4, -0.2) is 17.1 Å². The molecule has 0 aliphatic carbocycles. The van der Waals surface area contributed by atoms with Crippen LogP contribution in [0.2, 0.25) is 0 Å². The van der Waals surface area contributed by atoms with Crippen molar-refractivity contribution in [3.05, 3.63) is 12.2 Å². The molecule has 0 heterocycles. The van der Waals surface area contributed by atoms with Gasteiger partial charge in [0.25, 0.3) is 0 Å². The molecule has 0 aromatic rings. The summed E-state index contributed by atoms with van der Waals surface area (Å²) in [6.07, 6.45) is 5.31. The van der Waals surface area contributed by atoms with Crippen molar-refractivity contribution < 1.29 is 5.11 Å². The fourth-order valence-corrected chi connectivity index (χ4v) is 0.609. The van der Waals surface area contributed by atoms with Crippen molar-refractivity contribution >= 4 is 11.6 Å². The van der Waals surface area contributed by atoms with E-state index in [1.54, 1.807) is 0 Å². The molecule has 0 saturated heterocycles. The van der Waals surface area contributed by atoms with Crippen LogP contribution in [0.3, 0.4) is 0 Å². The molecule has 1 nitrogen and oxygen atoms in total. The lowest BCUT2D eigenvalue weighted by molar-refractivity contribution is 0.201. The van der Waals surface area contributed by atoms with Crippen LogP contribution in [0.1, 0.15) is 19.8 Å². The average molecular weight is 149 g/mol. The van der Waals surface area contributed by atoms with E-state index in [9.17, 15) is 0 Å². The van der Waals surface area contributed by atoms with Gasteiger partial charge in [0.1, 0.15) is 0 Å². The lowest BCUT2D eigenvalue weighted by atomic mass is 10.2. The van der Waals surface area contributed by atoms with Crippen LogP contribution >= 0.6 is 11.6 Å². The first-order valence-corrected chi connectivity index (χ1v) is 3.73. The SMILES string of the molecule is CC/C=C\C[C@H](O)CCl. The summed E-state index contributed by atoms with van der Waals surface area (Å²) in [7, 11) is 0. The van der Waals surface area contributed by atoms with Gasteiger partial charge in [-0.2, -0.15) is 0 Å². The van der Waals surface area contributed by atoms with Gasteiger partial charge < -0.3 is 5.11 Å². The van der Waals surface area contributed by atoms with Crippen LogP contribution in [0.25, 0.3) is 0 Å². The molecule has 0 aliphatic heterocycles. The van der Waals surface area contributed by atoms with E-state index < -0.39 is 0 Å². The maximum absolute atomic E-state index is 8.90. The minimum atomic E-state index is -0.366. The quantitative estimate of drug-likeness (QED) is 0.477. The first-order valence-electron chi connectivity index (χ1n) is 3.20. The maximum atomic E-state index is 8.90. The molecule has 0 unspecified atom stereocenters. The summed E-state index contributed by atoms with van der Waals surface area (Å²) in [6.45, 7) is 2.06. The molecule has 0 radical (unpaired) electrons. The largest absolute Gasteiger partial charge is 0.392 e. The molecule has 0 fully saturated rings. The number of rotatable bonds is 4. The van der Waals surface area contributed by atoms with Crippen LogP contribution in [0.4, 0.5) is 0 Å². The van der Waals surface area contributed by atoms with Gasteiger partial charge >= 0.3 is 0 Å². The lowest BCUT2D eigenvalue weighted by Crippen LogP contribution is -2.05. The zero-order valence-electron chi connectivity index (χ0n) is 5.68. The molecule has 1 atom stereocenters. The molecule has 0 spiro atoms. The van der Waals surface area contributed by atoms with Crippen LogP contribution < -0.4 is 0 Å². The van der Waals surface area contributed by atoms with E-state index in [1.807, 2.05) is 12.2 Å². The van der Waals surface area contributed by atoms with Gasteiger partial charge in [0.2, 0.25) is 0 Å². The van der Waals surface area contributed by atoms with Crippen molar-refractivity contribution in [2.24, 2.45) is 0 Å².